The molecule has 0 aromatic carbocycles. The summed E-state index contributed by atoms with van der Waals surface area (Å²) in [4.78, 5) is 4.13. The van der Waals surface area contributed by atoms with E-state index in [1.165, 1.54) is 0 Å². The van der Waals surface area contributed by atoms with E-state index in [9.17, 15) is 0 Å². The fraction of sp³-hybridized carbons (Fsp3) is 0.417. The molecule has 18 heavy (non-hydrogen) atoms. The van der Waals surface area contributed by atoms with E-state index >= 15 is 0 Å². The predicted molar refractivity (Wildman–Crippen MR) is 65.3 cm³/mol. The van der Waals surface area contributed by atoms with Crippen molar-refractivity contribution in [3.05, 3.63) is 35.8 Å². The number of ether oxygens (including phenoxy) is 1. The molecule has 96 valence electrons. The van der Waals surface area contributed by atoms with Crippen LogP contribution >= 0.6 is 0 Å². The fourth-order valence-electron chi connectivity index (χ4n) is 1.69. The normalized spacial score (nSPS) is 10.6. The lowest BCUT2D eigenvalue weighted by molar-refractivity contribution is 0.288. The van der Waals surface area contributed by atoms with E-state index in [-0.39, 0.29) is 6.61 Å². The van der Waals surface area contributed by atoms with Gasteiger partial charge in [-0.2, -0.15) is 0 Å². The van der Waals surface area contributed by atoms with Gasteiger partial charge >= 0.3 is 0 Å². The largest absolute Gasteiger partial charge is 0.481 e. The first-order valence-corrected chi connectivity index (χ1v) is 5.81. The minimum Gasteiger partial charge on any atom is -0.481 e. The molecule has 0 atom stereocenters. The van der Waals surface area contributed by atoms with Crippen LogP contribution in [0.4, 0.5) is 0 Å². The highest BCUT2D eigenvalue weighted by molar-refractivity contribution is 5.25. The van der Waals surface area contributed by atoms with E-state index in [0.29, 0.717) is 18.8 Å². The van der Waals surface area contributed by atoms with Crippen molar-refractivity contribution >= 4 is 0 Å². The molecule has 0 radical (unpaired) electrons. The molecule has 0 aliphatic rings. The number of pyridine rings is 1. The van der Waals surface area contributed by atoms with Gasteiger partial charge in [0.1, 0.15) is 0 Å². The number of aliphatic hydroxyl groups is 1. The first-order valence-electron chi connectivity index (χ1n) is 5.81. The highest BCUT2D eigenvalue weighted by Crippen LogP contribution is 2.14. The first kappa shape index (κ1) is 12.5. The molecule has 2 rings (SSSR count). The van der Waals surface area contributed by atoms with Gasteiger partial charge in [0, 0.05) is 24.6 Å². The van der Waals surface area contributed by atoms with Crippen molar-refractivity contribution in [1.82, 2.24) is 20.0 Å². The molecular formula is C12H16N4O2. The van der Waals surface area contributed by atoms with Crippen LogP contribution < -0.4 is 4.74 Å². The highest BCUT2D eigenvalue weighted by Gasteiger charge is 2.06. The van der Waals surface area contributed by atoms with Crippen LogP contribution in [-0.2, 0) is 13.0 Å². The van der Waals surface area contributed by atoms with E-state index in [2.05, 4.69) is 15.3 Å². The Morgan fingerprint density at radius 1 is 1.44 bits per heavy atom. The van der Waals surface area contributed by atoms with Crippen LogP contribution in [0.1, 0.15) is 17.7 Å². The molecule has 2 heterocycles. The van der Waals surface area contributed by atoms with Gasteiger partial charge in [-0.25, -0.2) is 9.67 Å². The van der Waals surface area contributed by atoms with Gasteiger partial charge in [-0.05, 0) is 18.9 Å². The molecule has 6 nitrogen and oxygen atoms in total. The summed E-state index contributed by atoms with van der Waals surface area (Å²) in [6.45, 7) is 0.742. The standard InChI is InChI=1S/C12H16N4O2/c1-18-12-10(4-2-6-13-12)8-16-9-11(14-15-16)5-3-7-17/h2,4,6,9,17H,3,5,7-8H2,1H3. The van der Waals surface area contributed by atoms with Crippen molar-refractivity contribution in [2.24, 2.45) is 0 Å². The zero-order valence-electron chi connectivity index (χ0n) is 10.3. The third-order valence-corrected chi connectivity index (χ3v) is 2.55. The Kier molecular flexibility index (Phi) is 4.25. The zero-order valence-corrected chi connectivity index (χ0v) is 10.3. The molecule has 1 N–H and O–H groups in total. The highest BCUT2D eigenvalue weighted by atomic mass is 16.5. The number of nitrogens with zero attached hydrogens (tertiary/aromatic N) is 4. The molecule has 2 aromatic rings. The third-order valence-electron chi connectivity index (χ3n) is 2.55. The van der Waals surface area contributed by atoms with Crippen LogP contribution in [0.15, 0.2) is 24.5 Å². The smallest absolute Gasteiger partial charge is 0.218 e. The number of aliphatic hydroxyl groups excluding tert-OH is 1. The molecule has 0 spiro atoms. The summed E-state index contributed by atoms with van der Waals surface area (Å²) in [6, 6.07) is 3.81. The zero-order chi connectivity index (χ0) is 12.8. The molecule has 0 bridgehead atoms. The maximum absolute atomic E-state index is 8.76. The van der Waals surface area contributed by atoms with Crippen molar-refractivity contribution in [2.45, 2.75) is 19.4 Å². The monoisotopic (exact) mass is 248 g/mol. The lowest BCUT2D eigenvalue weighted by atomic mass is 10.2. The predicted octanol–water partition coefficient (Wildman–Crippen LogP) is 0.655. The number of rotatable bonds is 6. The molecule has 0 unspecified atom stereocenters. The Morgan fingerprint density at radius 3 is 3.11 bits per heavy atom. The van der Waals surface area contributed by atoms with Crippen LogP contribution in [0.2, 0.25) is 0 Å². The van der Waals surface area contributed by atoms with Crippen molar-refractivity contribution in [3.63, 3.8) is 0 Å². The summed E-state index contributed by atoms with van der Waals surface area (Å²) in [5.74, 6) is 0.602. The Bertz CT molecular complexity index is 498. The minimum atomic E-state index is 0.170. The molecule has 0 amide bonds. The van der Waals surface area contributed by atoms with Gasteiger partial charge in [-0.3, -0.25) is 0 Å². The minimum absolute atomic E-state index is 0.170. The van der Waals surface area contributed by atoms with Crippen LogP contribution in [0.5, 0.6) is 5.88 Å². The topological polar surface area (TPSA) is 73.1 Å². The van der Waals surface area contributed by atoms with Gasteiger partial charge in [-0.1, -0.05) is 11.3 Å². The summed E-state index contributed by atoms with van der Waals surface area (Å²) in [5, 5.41) is 16.8. The van der Waals surface area contributed by atoms with Gasteiger partial charge < -0.3 is 9.84 Å². The third kappa shape index (κ3) is 3.04. The van der Waals surface area contributed by atoms with Crippen molar-refractivity contribution in [1.29, 1.82) is 0 Å². The quantitative estimate of drug-likeness (QED) is 0.812. The van der Waals surface area contributed by atoms with Gasteiger partial charge in [0.15, 0.2) is 0 Å². The fourth-order valence-corrected chi connectivity index (χ4v) is 1.69. The van der Waals surface area contributed by atoms with E-state index in [1.807, 2.05) is 18.3 Å². The van der Waals surface area contributed by atoms with Crippen LogP contribution in [0.3, 0.4) is 0 Å². The summed E-state index contributed by atoms with van der Waals surface area (Å²) in [5.41, 5.74) is 1.84. The molecule has 0 aliphatic carbocycles. The number of aromatic nitrogens is 4. The average molecular weight is 248 g/mol. The number of hydrogen-bond donors (Lipinski definition) is 1. The molecular weight excluding hydrogens is 232 g/mol. The molecule has 0 saturated heterocycles. The summed E-state index contributed by atoms with van der Waals surface area (Å²) >= 11 is 0. The summed E-state index contributed by atoms with van der Waals surface area (Å²) < 4.78 is 6.93. The van der Waals surface area contributed by atoms with Gasteiger partial charge in [-0.15, -0.1) is 5.10 Å². The van der Waals surface area contributed by atoms with Gasteiger partial charge in [0.2, 0.25) is 5.88 Å². The second kappa shape index (κ2) is 6.11. The Hall–Kier alpha value is -1.95. The lowest BCUT2D eigenvalue weighted by Crippen LogP contribution is -2.03. The lowest BCUT2D eigenvalue weighted by Gasteiger charge is -2.05. The number of hydrogen-bond acceptors (Lipinski definition) is 5. The summed E-state index contributed by atoms with van der Waals surface area (Å²) in [6.07, 6.45) is 5.01. The van der Waals surface area contributed by atoms with E-state index < -0.39 is 0 Å². The average Bonchev–Trinajstić information content (AvgIpc) is 2.84. The molecule has 0 fully saturated rings. The van der Waals surface area contributed by atoms with Crippen molar-refractivity contribution in [3.8, 4) is 5.88 Å². The Labute approximate surface area is 105 Å². The van der Waals surface area contributed by atoms with Gasteiger partial charge in [0.05, 0.1) is 19.3 Å². The van der Waals surface area contributed by atoms with Crippen LogP contribution in [0.25, 0.3) is 0 Å². The second-order valence-corrected chi connectivity index (χ2v) is 3.91. The second-order valence-electron chi connectivity index (χ2n) is 3.91. The number of aryl methyl sites for hydroxylation is 1. The molecule has 0 saturated carbocycles. The maximum Gasteiger partial charge on any atom is 0.218 e. The Morgan fingerprint density at radius 2 is 2.33 bits per heavy atom. The Balaban J connectivity index is 2.06. The van der Waals surface area contributed by atoms with E-state index in [1.54, 1.807) is 18.0 Å². The van der Waals surface area contributed by atoms with Crippen molar-refractivity contribution < 1.29 is 9.84 Å². The molecule has 2 aromatic heterocycles. The first-order chi connectivity index (χ1) is 8.83. The van der Waals surface area contributed by atoms with Gasteiger partial charge in [0.25, 0.3) is 0 Å². The SMILES string of the molecule is COc1ncccc1Cn1cc(CCCO)nn1. The number of methoxy groups -OCH3 is 1. The van der Waals surface area contributed by atoms with Crippen LogP contribution in [-0.4, -0.2) is 38.8 Å². The molecule has 6 heteroatoms. The molecule has 0 aliphatic heterocycles. The maximum atomic E-state index is 8.76. The summed E-state index contributed by atoms with van der Waals surface area (Å²) in [7, 11) is 1.60. The van der Waals surface area contributed by atoms with Crippen LogP contribution in [0, 0.1) is 0 Å². The van der Waals surface area contributed by atoms with E-state index in [0.717, 1.165) is 17.7 Å². The van der Waals surface area contributed by atoms with Crippen molar-refractivity contribution in [2.75, 3.05) is 13.7 Å². The van der Waals surface area contributed by atoms with E-state index in [4.69, 9.17) is 9.84 Å².